The van der Waals surface area contributed by atoms with Crippen molar-refractivity contribution in [2.75, 3.05) is 13.2 Å². The lowest BCUT2D eigenvalue weighted by atomic mass is 9.98. The minimum atomic E-state index is -0.913. The lowest BCUT2D eigenvalue weighted by Crippen LogP contribution is -2.30. The summed E-state index contributed by atoms with van der Waals surface area (Å²) < 4.78 is 5.46. The van der Waals surface area contributed by atoms with Gasteiger partial charge in [-0.05, 0) is 39.9 Å². The lowest BCUT2D eigenvalue weighted by molar-refractivity contribution is 0.128. The molecule has 3 aromatic carbocycles. The Bertz CT molecular complexity index is 1040. The van der Waals surface area contributed by atoms with E-state index in [9.17, 15) is 9.90 Å². The molecule has 1 aliphatic carbocycles. The summed E-state index contributed by atoms with van der Waals surface area (Å²) in [5, 5.41) is 21.8. The maximum Gasteiger partial charge on any atom is 0.407 e. The predicted molar refractivity (Wildman–Crippen MR) is 109 cm³/mol. The number of aliphatic hydroxyl groups is 1. The molecular formula is C24H20N2O3. The summed E-state index contributed by atoms with van der Waals surface area (Å²) in [4.78, 5) is 12.2. The molecule has 0 radical (unpaired) electrons. The molecule has 1 amide bonds. The van der Waals surface area contributed by atoms with Crippen LogP contribution in [0.25, 0.3) is 11.1 Å². The third kappa shape index (κ3) is 3.84. The maximum atomic E-state index is 12.2. The highest BCUT2D eigenvalue weighted by Crippen LogP contribution is 2.44. The third-order valence-corrected chi connectivity index (χ3v) is 5.18. The quantitative estimate of drug-likeness (QED) is 0.693. The van der Waals surface area contributed by atoms with E-state index in [1.54, 1.807) is 24.3 Å². The predicted octanol–water partition coefficient (Wildman–Crippen LogP) is 4.13. The first-order chi connectivity index (χ1) is 14.2. The fourth-order valence-electron chi connectivity index (χ4n) is 3.76. The normalized spacial score (nSPS) is 13.1. The van der Waals surface area contributed by atoms with Crippen molar-refractivity contribution in [3.8, 4) is 17.2 Å². The number of carbonyl (C=O) groups excluding carboxylic acids is 1. The molecule has 0 aliphatic heterocycles. The first-order valence-corrected chi connectivity index (χ1v) is 9.44. The average Bonchev–Trinajstić information content (AvgIpc) is 3.10. The number of rotatable bonds is 5. The van der Waals surface area contributed by atoms with E-state index in [0.29, 0.717) is 11.1 Å². The molecule has 0 spiro atoms. The molecule has 0 aromatic heterocycles. The highest BCUT2D eigenvalue weighted by Gasteiger charge is 2.29. The number of hydrogen-bond donors (Lipinski definition) is 2. The van der Waals surface area contributed by atoms with Crippen LogP contribution < -0.4 is 5.32 Å². The number of nitrogens with one attached hydrogen (secondary N) is 1. The fourth-order valence-corrected chi connectivity index (χ4v) is 3.76. The number of carbonyl (C=O) groups is 1. The Morgan fingerprint density at radius 1 is 1.03 bits per heavy atom. The molecule has 5 heteroatoms. The van der Waals surface area contributed by atoms with E-state index < -0.39 is 12.2 Å². The smallest absolute Gasteiger partial charge is 0.407 e. The van der Waals surface area contributed by atoms with Gasteiger partial charge in [0.2, 0.25) is 0 Å². The Balaban J connectivity index is 1.37. The highest BCUT2D eigenvalue weighted by atomic mass is 16.5. The van der Waals surface area contributed by atoms with Gasteiger partial charge in [-0.25, -0.2) is 4.79 Å². The number of alkyl carbamates (subject to hydrolysis) is 1. The zero-order chi connectivity index (χ0) is 20.2. The molecule has 1 unspecified atom stereocenters. The number of amides is 1. The monoisotopic (exact) mass is 384 g/mol. The molecule has 0 bridgehead atoms. The molecule has 29 heavy (non-hydrogen) atoms. The molecule has 3 aromatic rings. The minimum absolute atomic E-state index is 0.00551. The van der Waals surface area contributed by atoms with Gasteiger partial charge in [0.05, 0.1) is 24.3 Å². The number of ether oxygens (including phenoxy) is 1. The van der Waals surface area contributed by atoms with Gasteiger partial charge in [-0.1, -0.05) is 60.7 Å². The molecule has 0 fully saturated rings. The number of fused-ring (bicyclic) bond motifs is 3. The van der Waals surface area contributed by atoms with Crippen molar-refractivity contribution < 1.29 is 14.6 Å². The number of aliphatic hydroxyl groups excluding tert-OH is 1. The van der Waals surface area contributed by atoms with Crippen LogP contribution in [0.4, 0.5) is 4.79 Å². The Hall–Kier alpha value is -3.62. The van der Waals surface area contributed by atoms with Crippen LogP contribution in [-0.4, -0.2) is 24.4 Å². The minimum Gasteiger partial charge on any atom is -0.449 e. The van der Waals surface area contributed by atoms with Gasteiger partial charge in [0.15, 0.2) is 0 Å². The summed E-state index contributed by atoms with van der Waals surface area (Å²) >= 11 is 0. The maximum absolute atomic E-state index is 12.2. The second-order valence-electron chi connectivity index (χ2n) is 6.96. The molecule has 0 saturated heterocycles. The molecule has 144 valence electrons. The Morgan fingerprint density at radius 2 is 1.69 bits per heavy atom. The number of hydrogen-bond acceptors (Lipinski definition) is 4. The van der Waals surface area contributed by atoms with Crippen LogP contribution in [-0.2, 0) is 4.74 Å². The van der Waals surface area contributed by atoms with Crippen molar-refractivity contribution in [3.63, 3.8) is 0 Å². The number of nitrogens with zero attached hydrogens (tertiary/aromatic N) is 1. The van der Waals surface area contributed by atoms with Gasteiger partial charge in [0.25, 0.3) is 0 Å². The Labute approximate surface area is 169 Å². The SMILES string of the molecule is N#Cc1cccc(C(O)CNC(=O)OCC2c3ccccc3-c3ccccc32)c1. The summed E-state index contributed by atoms with van der Waals surface area (Å²) in [6.07, 6.45) is -1.49. The van der Waals surface area contributed by atoms with Crippen LogP contribution in [0.3, 0.4) is 0 Å². The van der Waals surface area contributed by atoms with Gasteiger partial charge in [0.1, 0.15) is 6.61 Å². The average molecular weight is 384 g/mol. The van der Waals surface area contributed by atoms with Crippen LogP contribution in [0.15, 0.2) is 72.8 Å². The van der Waals surface area contributed by atoms with Crippen molar-refractivity contribution in [1.82, 2.24) is 5.32 Å². The van der Waals surface area contributed by atoms with Crippen LogP contribution >= 0.6 is 0 Å². The van der Waals surface area contributed by atoms with Crippen molar-refractivity contribution in [2.24, 2.45) is 0 Å². The molecule has 0 heterocycles. The van der Waals surface area contributed by atoms with Crippen LogP contribution in [0.2, 0.25) is 0 Å². The number of benzene rings is 3. The Morgan fingerprint density at radius 3 is 2.34 bits per heavy atom. The zero-order valence-electron chi connectivity index (χ0n) is 15.7. The van der Waals surface area contributed by atoms with Gasteiger partial charge < -0.3 is 15.2 Å². The zero-order valence-corrected chi connectivity index (χ0v) is 15.7. The van der Waals surface area contributed by atoms with Crippen LogP contribution in [0.1, 0.15) is 34.3 Å². The van der Waals surface area contributed by atoms with E-state index in [0.717, 1.165) is 11.1 Å². The second kappa shape index (κ2) is 8.17. The van der Waals surface area contributed by atoms with Crippen LogP contribution in [0.5, 0.6) is 0 Å². The largest absolute Gasteiger partial charge is 0.449 e. The van der Waals surface area contributed by atoms with E-state index in [1.807, 2.05) is 30.3 Å². The van der Waals surface area contributed by atoms with Gasteiger partial charge in [-0.2, -0.15) is 5.26 Å². The van der Waals surface area contributed by atoms with Gasteiger partial charge in [-0.15, -0.1) is 0 Å². The summed E-state index contributed by atoms with van der Waals surface area (Å²) in [5.41, 5.74) is 5.67. The highest BCUT2D eigenvalue weighted by molar-refractivity contribution is 5.79. The lowest BCUT2D eigenvalue weighted by Gasteiger charge is -2.16. The summed E-state index contributed by atoms with van der Waals surface area (Å²) in [6.45, 7) is 0.228. The van der Waals surface area contributed by atoms with Crippen molar-refractivity contribution in [1.29, 1.82) is 5.26 Å². The Kier molecular flexibility index (Phi) is 5.28. The fraction of sp³-hybridized carbons (Fsp3) is 0.167. The molecule has 1 atom stereocenters. The third-order valence-electron chi connectivity index (χ3n) is 5.18. The van der Waals surface area contributed by atoms with Gasteiger partial charge in [-0.3, -0.25) is 0 Å². The molecule has 0 saturated carbocycles. The summed E-state index contributed by atoms with van der Waals surface area (Å²) in [7, 11) is 0. The molecule has 1 aliphatic rings. The van der Waals surface area contributed by atoms with Gasteiger partial charge in [0, 0.05) is 5.92 Å². The van der Waals surface area contributed by atoms with E-state index in [-0.39, 0.29) is 19.1 Å². The van der Waals surface area contributed by atoms with E-state index in [1.165, 1.54) is 11.1 Å². The van der Waals surface area contributed by atoms with Gasteiger partial charge >= 0.3 is 6.09 Å². The van der Waals surface area contributed by atoms with E-state index >= 15 is 0 Å². The van der Waals surface area contributed by atoms with Crippen molar-refractivity contribution in [3.05, 3.63) is 95.1 Å². The molecule has 2 N–H and O–H groups in total. The first-order valence-electron chi connectivity index (χ1n) is 9.44. The van der Waals surface area contributed by atoms with E-state index in [4.69, 9.17) is 10.00 Å². The van der Waals surface area contributed by atoms with Crippen LogP contribution in [0, 0.1) is 11.3 Å². The number of nitriles is 1. The summed E-state index contributed by atoms with van der Waals surface area (Å²) in [5.74, 6) is -0.00890. The topological polar surface area (TPSA) is 82.4 Å². The summed E-state index contributed by atoms with van der Waals surface area (Å²) in [6, 6.07) is 25.0. The van der Waals surface area contributed by atoms with E-state index in [2.05, 4.69) is 29.6 Å². The van der Waals surface area contributed by atoms with Crippen molar-refractivity contribution >= 4 is 6.09 Å². The second-order valence-corrected chi connectivity index (χ2v) is 6.96. The standard InChI is InChI=1S/C24H20N2O3/c25-13-16-6-5-7-17(12-16)23(27)14-26-24(28)29-15-22-20-10-3-1-8-18(20)19-9-2-4-11-21(19)22/h1-12,22-23,27H,14-15H2,(H,26,28). The van der Waals surface area contributed by atoms with Crippen molar-refractivity contribution in [2.45, 2.75) is 12.0 Å². The molecule has 5 nitrogen and oxygen atoms in total. The molecular weight excluding hydrogens is 364 g/mol. The first kappa shape index (κ1) is 18.7. The molecule has 4 rings (SSSR count).